The molecule has 0 spiro atoms. The van der Waals surface area contributed by atoms with Gasteiger partial charge in [-0.3, -0.25) is 0 Å². The molecular formula is C23H21NO4. The molecule has 1 aliphatic carbocycles. The van der Waals surface area contributed by atoms with Gasteiger partial charge in [0.2, 0.25) is 0 Å². The summed E-state index contributed by atoms with van der Waals surface area (Å²) in [6, 6.07) is 22.0. The summed E-state index contributed by atoms with van der Waals surface area (Å²) < 4.78 is 5.51. The molecule has 1 amide bonds. The second-order valence-electron chi connectivity index (χ2n) is 6.80. The van der Waals surface area contributed by atoms with Crippen molar-refractivity contribution >= 4 is 6.09 Å². The van der Waals surface area contributed by atoms with Crippen molar-refractivity contribution in [3.63, 3.8) is 0 Å². The largest absolute Gasteiger partial charge is 0.508 e. The fourth-order valence-electron chi connectivity index (χ4n) is 3.72. The highest BCUT2D eigenvalue weighted by Crippen LogP contribution is 2.44. The van der Waals surface area contributed by atoms with Crippen LogP contribution in [-0.2, 0) is 4.74 Å². The van der Waals surface area contributed by atoms with E-state index in [1.165, 1.54) is 23.3 Å². The van der Waals surface area contributed by atoms with Gasteiger partial charge in [-0.1, -0.05) is 60.7 Å². The quantitative estimate of drug-likeness (QED) is 0.631. The SMILES string of the molecule is O=C(NC(CO)c1ccc(O)cc1)OCC1c2ccccc2-c2ccccc21. The maximum Gasteiger partial charge on any atom is 0.407 e. The van der Waals surface area contributed by atoms with Crippen molar-refractivity contribution in [3.05, 3.63) is 89.5 Å². The fourth-order valence-corrected chi connectivity index (χ4v) is 3.72. The number of fused-ring (bicyclic) bond motifs is 3. The monoisotopic (exact) mass is 375 g/mol. The molecule has 0 aliphatic heterocycles. The molecule has 0 heterocycles. The number of benzene rings is 3. The minimum atomic E-state index is -0.601. The van der Waals surface area contributed by atoms with E-state index >= 15 is 0 Å². The van der Waals surface area contributed by atoms with Gasteiger partial charge in [0.15, 0.2) is 0 Å². The maximum atomic E-state index is 12.3. The van der Waals surface area contributed by atoms with E-state index in [9.17, 15) is 15.0 Å². The Kier molecular flexibility index (Phi) is 5.00. The number of carbonyl (C=O) groups is 1. The first kappa shape index (κ1) is 18.1. The molecule has 0 saturated carbocycles. The van der Waals surface area contributed by atoms with E-state index in [1.54, 1.807) is 12.1 Å². The fraction of sp³-hybridized carbons (Fsp3) is 0.174. The summed E-state index contributed by atoms with van der Waals surface area (Å²) in [5.41, 5.74) is 5.32. The summed E-state index contributed by atoms with van der Waals surface area (Å²) in [4.78, 5) is 12.3. The average molecular weight is 375 g/mol. The first-order valence-electron chi connectivity index (χ1n) is 9.18. The van der Waals surface area contributed by atoms with Gasteiger partial charge in [0.05, 0.1) is 12.6 Å². The van der Waals surface area contributed by atoms with Crippen LogP contribution in [0.1, 0.15) is 28.7 Å². The summed E-state index contributed by atoms with van der Waals surface area (Å²) in [7, 11) is 0. The van der Waals surface area contributed by atoms with Crippen LogP contribution in [0.2, 0.25) is 0 Å². The van der Waals surface area contributed by atoms with Crippen molar-refractivity contribution in [2.45, 2.75) is 12.0 Å². The molecule has 0 fully saturated rings. The van der Waals surface area contributed by atoms with Crippen molar-refractivity contribution < 1.29 is 19.7 Å². The molecule has 0 aromatic heterocycles. The van der Waals surface area contributed by atoms with Gasteiger partial charge in [-0.15, -0.1) is 0 Å². The average Bonchev–Trinajstić information content (AvgIpc) is 3.05. The topological polar surface area (TPSA) is 78.8 Å². The van der Waals surface area contributed by atoms with E-state index in [4.69, 9.17) is 4.74 Å². The van der Waals surface area contributed by atoms with Crippen LogP contribution in [0.25, 0.3) is 11.1 Å². The Hall–Kier alpha value is -3.31. The van der Waals surface area contributed by atoms with Gasteiger partial charge in [-0.05, 0) is 39.9 Å². The molecule has 0 radical (unpaired) electrons. The van der Waals surface area contributed by atoms with Crippen molar-refractivity contribution in [1.82, 2.24) is 5.32 Å². The lowest BCUT2D eigenvalue weighted by Gasteiger charge is -2.19. The van der Waals surface area contributed by atoms with Gasteiger partial charge < -0.3 is 20.3 Å². The lowest BCUT2D eigenvalue weighted by molar-refractivity contribution is 0.132. The lowest BCUT2D eigenvalue weighted by atomic mass is 9.98. The highest BCUT2D eigenvalue weighted by molar-refractivity contribution is 5.79. The molecule has 5 nitrogen and oxygen atoms in total. The van der Waals surface area contributed by atoms with Crippen LogP contribution in [0.4, 0.5) is 4.79 Å². The molecular weight excluding hydrogens is 354 g/mol. The van der Waals surface area contributed by atoms with Crippen LogP contribution >= 0.6 is 0 Å². The van der Waals surface area contributed by atoms with Crippen molar-refractivity contribution in [1.29, 1.82) is 0 Å². The standard InChI is InChI=1S/C23H21NO4/c25-13-22(15-9-11-16(26)12-10-15)24-23(27)28-14-21-19-7-3-1-5-17(19)18-6-2-4-8-20(18)21/h1-12,21-22,25-26H,13-14H2,(H,24,27). The third kappa shape index (κ3) is 3.44. The first-order chi connectivity index (χ1) is 13.7. The van der Waals surface area contributed by atoms with Crippen LogP contribution in [0.3, 0.4) is 0 Å². The van der Waals surface area contributed by atoms with E-state index in [2.05, 4.69) is 29.6 Å². The van der Waals surface area contributed by atoms with E-state index in [1.807, 2.05) is 24.3 Å². The molecule has 1 aliphatic rings. The van der Waals surface area contributed by atoms with Crippen LogP contribution in [0.15, 0.2) is 72.8 Å². The van der Waals surface area contributed by atoms with Crippen molar-refractivity contribution in [2.75, 3.05) is 13.2 Å². The number of rotatable bonds is 5. The maximum absolute atomic E-state index is 12.3. The highest BCUT2D eigenvalue weighted by Gasteiger charge is 2.29. The molecule has 3 aromatic rings. The number of alkyl carbamates (subject to hydrolysis) is 1. The molecule has 28 heavy (non-hydrogen) atoms. The first-order valence-corrected chi connectivity index (χ1v) is 9.18. The molecule has 4 rings (SSSR count). The molecule has 5 heteroatoms. The van der Waals surface area contributed by atoms with Crippen molar-refractivity contribution in [2.24, 2.45) is 0 Å². The molecule has 0 bridgehead atoms. The number of aromatic hydroxyl groups is 1. The zero-order valence-electron chi connectivity index (χ0n) is 15.2. The van der Waals surface area contributed by atoms with E-state index in [0.717, 1.165) is 11.1 Å². The third-order valence-electron chi connectivity index (χ3n) is 5.11. The molecule has 1 unspecified atom stereocenters. The summed E-state index contributed by atoms with van der Waals surface area (Å²) in [6.45, 7) is -0.0530. The molecule has 3 aromatic carbocycles. The number of hydrogen-bond acceptors (Lipinski definition) is 4. The third-order valence-corrected chi connectivity index (χ3v) is 5.11. The van der Waals surface area contributed by atoms with Crippen LogP contribution in [0.5, 0.6) is 5.75 Å². The van der Waals surface area contributed by atoms with E-state index in [-0.39, 0.29) is 24.9 Å². The van der Waals surface area contributed by atoms with Gasteiger partial charge in [0.1, 0.15) is 12.4 Å². The number of hydrogen-bond donors (Lipinski definition) is 3. The number of phenolic OH excluding ortho intramolecular Hbond substituents is 1. The highest BCUT2D eigenvalue weighted by atomic mass is 16.5. The molecule has 142 valence electrons. The van der Waals surface area contributed by atoms with Gasteiger partial charge in [0.25, 0.3) is 0 Å². The summed E-state index contributed by atoms with van der Waals surface area (Å²) in [6.07, 6.45) is -0.589. The predicted octanol–water partition coefficient (Wildman–Crippen LogP) is 3.96. The predicted molar refractivity (Wildman–Crippen MR) is 106 cm³/mol. The Morgan fingerprint density at radius 3 is 2.07 bits per heavy atom. The Balaban J connectivity index is 1.45. The van der Waals surface area contributed by atoms with Gasteiger partial charge >= 0.3 is 6.09 Å². The van der Waals surface area contributed by atoms with Crippen LogP contribution in [-0.4, -0.2) is 29.5 Å². The Morgan fingerprint density at radius 1 is 0.929 bits per heavy atom. The number of aliphatic hydroxyl groups is 1. The lowest BCUT2D eigenvalue weighted by Crippen LogP contribution is -2.32. The normalized spacial score (nSPS) is 13.5. The van der Waals surface area contributed by atoms with Gasteiger partial charge in [-0.2, -0.15) is 0 Å². The van der Waals surface area contributed by atoms with Gasteiger partial charge in [-0.25, -0.2) is 4.79 Å². The number of carbonyl (C=O) groups excluding carboxylic acids is 1. The second-order valence-corrected chi connectivity index (χ2v) is 6.80. The Morgan fingerprint density at radius 2 is 1.50 bits per heavy atom. The van der Waals surface area contributed by atoms with Crippen LogP contribution in [0, 0.1) is 0 Å². The zero-order chi connectivity index (χ0) is 19.5. The summed E-state index contributed by atoms with van der Waals surface area (Å²) >= 11 is 0. The minimum Gasteiger partial charge on any atom is -0.508 e. The Bertz CT molecular complexity index is 938. The minimum absolute atomic E-state index is 0.0144. The summed E-state index contributed by atoms with van der Waals surface area (Å²) in [5.74, 6) is 0.112. The number of nitrogens with one attached hydrogen (secondary N) is 1. The molecule has 1 atom stereocenters. The zero-order valence-corrected chi connectivity index (χ0v) is 15.2. The number of ether oxygens (including phenoxy) is 1. The van der Waals surface area contributed by atoms with E-state index in [0.29, 0.717) is 5.56 Å². The molecule has 0 saturated heterocycles. The molecule has 3 N–H and O–H groups in total. The van der Waals surface area contributed by atoms with Crippen LogP contribution < -0.4 is 5.32 Å². The number of amides is 1. The number of phenols is 1. The Labute approximate surface area is 163 Å². The smallest absolute Gasteiger partial charge is 0.407 e. The second kappa shape index (κ2) is 7.74. The van der Waals surface area contributed by atoms with E-state index < -0.39 is 12.1 Å². The van der Waals surface area contributed by atoms with Gasteiger partial charge in [0, 0.05) is 5.92 Å². The number of aliphatic hydroxyl groups excluding tert-OH is 1. The van der Waals surface area contributed by atoms with Crippen molar-refractivity contribution in [3.8, 4) is 16.9 Å². The summed E-state index contributed by atoms with van der Waals surface area (Å²) in [5, 5.41) is 21.7.